The summed E-state index contributed by atoms with van der Waals surface area (Å²) in [6, 6.07) is 2.19. The van der Waals surface area contributed by atoms with Crippen LogP contribution >= 0.6 is 0 Å². The predicted molar refractivity (Wildman–Crippen MR) is 99.8 cm³/mol. The van der Waals surface area contributed by atoms with E-state index in [0.717, 1.165) is 6.42 Å². The molecule has 1 saturated heterocycles. The SMILES string of the molecule is CCC(C)(COCC1CCCCC1)C(=O)OC1C2CC3C1OC(=O)C3(C#N)C2. The van der Waals surface area contributed by atoms with Crippen molar-refractivity contribution in [2.45, 2.75) is 77.4 Å². The van der Waals surface area contributed by atoms with Gasteiger partial charge in [0.25, 0.3) is 0 Å². The summed E-state index contributed by atoms with van der Waals surface area (Å²) in [4.78, 5) is 25.2. The molecule has 0 aromatic heterocycles. The largest absolute Gasteiger partial charge is 0.458 e. The molecular weight excluding hydrogens is 358 g/mol. The zero-order valence-electron chi connectivity index (χ0n) is 16.9. The maximum atomic E-state index is 13.0. The van der Waals surface area contributed by atoms with Gasteiger partial charge in [0, 0.05) is 18.4 Å². The van der Waals surface area contributed by atoms with Crippen molar-refractivity contribution in [2.24, 2.45) is 28.6 Å². The molecule has 0 aromatic rings. The number of carbonyl (C=O) groups excluding carboxylic acids is 2. The van der Waals surface area contributed by atoms with Crippen molar-refractivity contribution in [3.63, 3.8) is 0 Å². The lowest BCUT2D eigenvalue weighted by Gasteiger charge is -2.33. The van der Waals surface area contributed by atoms with E-state index in [-0.39, 0.29) is 17.8 Å². The highest BCUT2D eigenvalue weighted by Crippen LogP contribution is 2.62. The fourth-order valence-corrected chi connectivity index (χ4v) is 5.66. The molecule has 3 aliphatic carbocycles. The fraction of sp³-hybridized carbons (Fsp3) is 0.864. The molecule has 154 valence electrons. The van der Waals surface area contributed by atoms with E-state index in [2.05, 4.69) is 6.07 Å². The number of hydrogen-bond donors (Lipinski definition) is 0. The van der Waals surface area contributed by atoms with E-state index < -0.39 is 29.0 Å². The van der Waals surface area contributed by atoms with E-state index in [1.165, 1.54) is 32.1 Å². The Morgan fingerprint density at radius 1 is 1.36 bits per heavy atom. The molecule has 4 rings (SSSR count). The molecule has 0 aromatic carbocycles. The molecular formula is C22H31NO5. The van der Waals surface area contributed by atoms with Crippen LogP contribution in [0.4, 0.5) is 0 Å². The summed E-state index contributed by atoms with van der Waals surface area (Å²) in [6.07, 6.45) is 7.21. The molecule has 0 N–H and O–H groups in total. The highest BCUT2D eigenvalue weighted by molar-refractivity contribution is 5.84. The molecule has 3 saturated carbocycles. The summed E-state index contributed by atoms with van der Waals surface area (Å²) in [7, 11) is 0. The first kappa shape index (κ1) is 19.7. The van der Waals surface area contributed by atoms with Gasteiger partial charge in [0.05, 0.1) is 18.1 Å². The first-order chi connectivity index (χ1) is 13.4. The van der Waals surface area contributed by atoms with Gasteiger partial charge in [-0.3, -0.25) is 9.59 Å². The zero-order valence-corrected chi connectivity index (χ0v) is 16.9. The van der Waals surface area contributed by atoms with Gasteiger partial charge in [-0.25, -0.2) is 0 Å². The van der Waals surface area contributed by atoms with Gasteiger partial charge in [0.15, 0.2) is 5.41 Å². The Bertz CT molecular complexity index is 681. The standard InChI is InChI=1S/C22H31NO5/c1-3-21(2,13-26-11-14-7-5-4-6-8-14)19(24)27-17-15-9-16-18(17)28-20(25)22(16,10-15)12-23/h14-18H,3-11,13H2,1-2H3. The summed E-state index contributed by atoms with van der Waals surface area (Å²) >= 11 is 0. The monoisotopic (exact) mass is 389 g/mol. The number of nitrogens with zero attached hydrogens (tertiary/aromatic N) is 1. The van der Waals surface area contributed by atoms with Crippen LogP contribution in [-0.4, -0.2) is 37.4 Å². The average molecular weight is 389 g/mol. The third kappa shape index (κ3) is 3.03. The Kier molecular flexibility index (Phi) is 5.16. The van der Waals surface area contributed by atoms with Gasteiger partial charge in [0.2, 0.25) is 0 Å². The summed E-state index contributed by atoms with van der Waals surface area (Å²) < 4.78 is 17.3. The highest BCUT2D eigenvalue weighted by Gasteiger charge is 2.72. The number of ether oxygens (including phenoxy) is 3. The quantitative estimate of drug-likeness (QED) is 0.621. The number of fused-ring (bicyclic) bond motifs is 1. The van der Waals surface area contributed by atoms with Crippen LogP contribution in [0.25, 0.3) is 0 Å². The second-order valence-corrected chi connectivity index (χ2v) is 9.56. The molecule has 6 unspecified atom stereocenters. The van der Waals surface area contributed by atoms with Crippen LogP contribution in [0.3, 0.4) is 0 Å². The van der Waals surface area contributed by atoms with Crippen LogP contribution in [0.15, 0.2) is 0 Å². The molecule has 0 spiro atoms. The predicted octanol–water partition coefficient (Wildman–Crippen LogP) is 3.39. The smallest absolute Gasteiger partial charge is 0.327 e. The van der Waals surface area contributed by atoms with Crippen LogP contribution in [0.5, 0.6) is 0 Å². The lowest BCUT2D eigenvalue weighted by atomic mass is 9.74. The van der Waals surface area contributed by atoms with Crippen molar-refractivity contribution in [3.8, 4) is 6.07 Å². The number of hydrogen-bond acceptors (Lipinski definition) is 6. The minimum absolute atomic E-state index is 0.0364. The number of esters is 2. The first-order valence-electron chi connectivity index (χ1n) is 10.8. The molecule has 6 heteroatoms. The lowest BCUT2D eigenvalue weighted by Crippen LogP contribution is -2.43. The molecule has 1 aliphatic heterocycles. The van der Waals surface area contributed by atoms with Crippen molar-refractivity contribution < 1.29 is 23.8 Å². The van der Waals surface area contributed by atoms with Crippen molar-refractivity contribution in [1.82, 2.24) is 0 Å². The molecule has 6 nitrogen and oxygen atoms in total. The van der Waals surface area contributed by atoms with Crippen molar-refractivity contribution >= 4 is 11.9 Å². The number of carbonyl (C=O) groups is 2. The topological polar surface area (TPSA) is 85.6 Å². The Morgan fingerprint density at radius 2 is 2.11 bits per heavy atom. The minimum Gasteiger partial charge on any atom is -0.458 e. The van der Waals surface area contributed by atoms with Gasteiger partial charge in [-0.2, -0.15) is 5.26 Å². The Labute approximate surface area is 166 Å². The van der Waals surface area contributed by atoms with Crippen LogP contribution in [0, 0.1) is 39.9 Å². The third-order valence-corrected chi connectivity index (χ3v) is 7.78. The van der Waals surface area contributed by atoms with Crippen LogP contribution in [0.1, 0.15) is 65.2 Å². The van der Waals surface area contributed by atoms with Crippen molar-refractivity contribution in [3.05, 3.63) is 0 Å². The summed E-state index contributed by atoms with van der Waals surface area (Å²) in [5.74, 6) is -0.201. The maximum absolute atomic E-state index is 13.0. The summed E-state index contributed by atoms with van der Waals surface area (Å²) in [5, 5.41) is 9.50. The summed E-state index contributed by atoms with van der Waals surface area (Å²) in [5.41, 5.74) is -1.71. The first-order valence-corrected chi connectivity index (χ1v) is 10.8. The molecule has 0 radical (unpaired) electrons. The van der Waals surface area contributed by atoms with Crippen LogP contribution < -0.4 is 0 Å². The van der Waals surface area contributed by atoms with Gasteiger partial charge in [-0.1, -0.05) is 26.2 Å². The van der Waals surface area contributed by atoms with E-state index in [0.29, 0.717) is 32.0 Å². The van der Waals surface area contributed by atoms with E-state index in [9.17, 15) is 14.9 Å². The lowest BCUT2D eigenvalue weighted by molar-refractivity contribution is -0.175. The van der Waals surface area contributed by atoms with Gasteiger partial charge in [-0.15, -0.1) is 0 Å². The van der Waals surface area contributed by atoms with Crippen molar-refractivity contribution in [2.75, 3.05) is 13.2 Å². The van der Waals surface area contributed by atoms with Gasteiger partial charge >= 0.3 is 11.9 Å². The van der Waals surface area contributed by atoms with Crippen molar-refractivity contribution in [1.29, 1.82) is 5.26 Å². The normalized spacial score (nSPS) is 38.7. The Balaban J connectivity index is 1.35. The van der Waals surface area contributed by atoms with E-state index in [1.807, 2.05) is 13.8 Å². The molecule has 4 aliphatic rings. The maximum Gasteiger partial charge on any atom is 0.327 e. The number of nitriles is 1. The van der Waals surface area contributed by atoms with E-state index in [1.54, 1.807) is 0 Å². The Hall–Kier alpha value is -1.61. The highest BCUT2D eigenvalue weighted by atomic mass is 16.6. The number of rotatable bonds is 7. The second kappa shape index (κ2) is 7.33. The van der Waals surface area contributed by atoms with E-state index >= 15 is 0 Å². The molecule has 2 bridgehead atoms. The minimum atomic E-state index is -1.00. The third-order valence-electron chi connectivity index (χ3n) is 7.78. The Morgan fingerprint density at radius 3 is 2.79 bits per heavy atom. The second-order valence-electron chi connectivity index (χ2n) is 9.56. The zero-order chi connectivity index (χ0) is 19.9. The average Bonchev–Trinajstić information content (AvgIpc) is 3.30. The van der Waals surface area contributed by atoms with Gasteiger partial charge < -0.3 is 14.2 Å². The van der Waals surface area contributed by atoms with Crippen LogP contribution in [-0.2, 0) is 23.8 Å². The molecule has 4 fully saturated rings. The summed E-state index contributed by atoms with van der Waals surface area (Å²) in [6.45, 7) is 4.93. The molecule has 28 heavy (non-hydrogen) atoms. The van der Waals surface area contributed by atoms with Crippen LogP contribution in [0.2, 0.25) is 0 Å². The molecule has 6 atom stereocenters. The van der Waals surface area contributed by atoms with Gasteiger partial charge in [-0.05, 0) is 44.9 Å². The molecule has 1 heterocycles. The van der Waals surface area contributed by atoms with E-state index in [4.69, 9.17) is 14.2 Å². The fourth-order valence-electron chi connectivity index (χ4n) is 5.66. The molecule has 0 amide bonds. The van der Waals surface area contributed by atoms with Gasteiger partial charge in [0.1, 0.15) is 12.2 Å².